The molecule has 1 heterocycles. The zero-order valence-corrected chi connectivity index (χ0v) is 10.4. The zero-order valence-electron chi connectivity index (χ0n) is 10.4. The van der Waals surface area contributed by atoms with Gasteiger partial charge in [-0.05, 0) is 12.8 Å². The lowest BCUT2D eigenvalue weighted by Gasteiger charge is -2.05. The van der Waals surface area contributed by atoms with Crippen molar-refractivity contribution >= 4 is 5.91 Å². The number of carbonyl (C=O) groups excluding carboxylic acids is 1. The van der Waals surface area contributed by atoms with Crippen LogP contribution in [0, 0.1) is 5.92 Å². The van der Waals surface area contributed by atoms with E-state index in [2.05, 4.69) is 15.7 Å². The summed E-state index contributed by atoms with van der Waals surface area (Å²) in [6, 6.07) is 0. The van der Waals surface area contributed by atoms with Crippen molar-refractivity contribution in [3.05, 3.63) is 18.0 Å². The van der Waals surface area contributed by atoms with Gasteiger partial charge in [-0.3, -0.25) is 9.48 Å². The van der Waals surface area contributed by atoms with E-state index in [0.29, 0.717) is 13.1 Å². The molecule has 2 rings (SSSR count). The fourth-order valence-electron chi connectivity index (χ4n) is 1.72. The maximum Gasteiger partial charge on any atom is 0.223 e. The average Bonchev–Trinajstić information content (AvgIpc) is 3.12. The molecule has 0 aliphatic heterocycles. The lowest BCUT2D eigenvalue weighted by atomic mass is 10.3. The van der Waals surface area contributed by atoms with E-state index in [1.54, 1.807) is 10.9 Å². The minimum Gasteiger partial charge on any atom is -0.394 e. The molecule has 1 saturated carbocycles. The van der Waals surface area contributed by atoms with Gasteiger partial charge in [0.25, 0.3) is 0 Å². The van der Waals surface area contributed by atoms with Gasteiger partial charge in [0.05, 0.1) is 19.3 Å². The highest BCUT2D eigenvalue weighted by Crippen LogP contribution is 2.28. The number of hydrogen-bond acceptors (Lipinski definition) is 4. The Labute approximate surface area is 106 Å². The number of aliphatic hydroxyl groups is 1. The summed E-state index contributed by atoms with van der Waals surface area (Å²) < 4.78 is 1.71. The first-order chi connectivity index (χ1) is 8.79. The number of carbonyl (C=O) groups is 1. The van der Waals surface area contributed by atoms with Crippen LogP contribution in [0.4, 0.5) is 0 Å². The number of amides is 1. The fraction of sp³-hybridized carbons (Fsp3) is 0.667. The van der Waals surface area contributed by atoms with Crippen LogP contribution in [0.1, 0.15) is 18.4 Å². The first-order valence-electron chi connectivity index (χ1n) is 6.40. The fourth-order valence-corrected chi connectivity index (χ4v) is 1.72. The number of aromatic nitrogens is 2. The third-order valence-electron chi connectivity index (χ3n) is 2.89. The third-order valence-corrected chi connectivity index (χ3v) is 2.89. The molecule has 1 amide bonds. The molecule has 1 aromatic heterocycles. The minimum absolute atomic E-state index is 0.0990. The van der Waals surface area contributed by atoms with E-state index in [1.165, 1.54) is 0 Å². The van der Waals surface area contributed by atoms with Crippen molar-refractivity contribution in [2.24, 2.45) is 5.92 Å². The molecule has 1 aliphatic carbocycles. The highest BCUT2D eigenvalue weighted by atomic mass is 16.3. The Morgan fingerprint density at radius 3 is 3.06 bits per heavy atom. The lowest BCUT2D eigenvalue weighted by Crippen LogP contribution is -2.32. The SMILES string of the molecule is O=C(NCCNCc1cnn(CCO)c1)C1CC1. The van der Waals surface area contributed by atoms with E-state index < -0.39 is 0 Å². The van der Waals surface area contributed by atoms with Crippen molar-refractivity contribution < 1.29 is 9.90 Å². The van der Waals surface area contributed by atoms with E-state index in [1.807, 2.05) is 6.20 Å². The molecule has 6 heteroatoms. The van der Waals surface area contributed by atoms with Crippen LogP contribution in [0.15, 0.2) is 12.4 Å². The largest absolute Gasteiger partial charge is 0.394 e. The zero-order chi connectivity index (χ0) is 12.8. The number of rotatable bonds is 8. The lowest BCUT2D eigenvalue weighted by molar-refractivity contribution is -0.122. The summed E-state index contributed by atoms with van der Waals surface area (Å²) in [6.07, 6.45) is 5.78. The van der Waals surface area contributed by atoms with Crippen LogP contribution in [-0.4, -0.2) is 40.5 Å². The molecule has 0 atom stereocenters. The molecule has 1 fully saturated rings. The molecule has 6 nitrogen and oxygen atoms in total. The van der Waals surface area contributed by atoms with Crippen LogP contribution in [0.5, 0.6) is 0 Å². The Bertz CT molecular complexity index is 387. The maximum atomic E-state index is 11.3. The molecule has 18 heavy (non-hydrogen) atoms. The van der Waals surface area contributed by atoms with Crippen LogP contribution < -0.4 is 10.6 Å². The Morgan fingerprint density at radius 1 is 1.50 bits per heavy atom. The smallest absolute Gasteiger partial charge is 0.223 e. The predicted molar refractivity (Wildman–Crippen MR) is 66.8 cm³/mol. The number of nitrogens with zero attached hydrogens (tertiary/aromatic N) is 2. The van der Waals surface area contributed by atoms with Crippen molar-refractivity contribution in [3.63, 3.8) is 0 Å². The van der Waals surface area contributed by atoms with Gasteiger partial charge in [0.1, 0.15) is 0 Å². The second-order valence-electron chi connectivity index (χ2n) is 4.58. The molecule has 0 unspecified atom stereocenters. The summed E-state index contributed by atoms with van der Waals surface area (Å²) >= 11 is 0. The standard InChI is InChI=1S/C12H20N4O2/c17-6-5-16-9-10(8-15-16)7-13-3-4-14-12(18)11-1-2-11/h8-9,11,13,17H,1-7H2,(H,14,18). The van der Waals surface area contributed by atoms with Crippen LogP contribution in [-0.2, 0) is 17.9 Å². The Kier molecular flexibility index (Phi) is 4.72. The van der Waals surface area contributed by atoms with E-state index >= 15 is 0 Å². The summed E-state index contributed by atoms with van der Waals surface area (Å²) in [5.74, 6) is 0.467. The summed E-state index contributed by atoms with van der Waals surface area (Å²) in [5.41, 5.74) is 1.08. The van der Waals surface area contributed by atoms with Gasteiger partial charge >= 0.3 is 0 Å². The van der Waals surface area contributed by atoms with Gasteiger partial charge in [0, 0.05) is 37.3 Å². The monoisotopic (exact) mass is 252 g/mol. The Morgan fingerprint density at radius 2 is 2.33 bits per heavy atom. The number of aliphatic hydroxyl groups excluding tert-OH is 1. The molecule has 0 saturated heterocycles. The molecule has 0 bridgehead atoms. The second-order valence-corrected chi connectivity index (χ2v) is 4.58. The van der Waals surface area contributed by atoms with Crippen LogP contribution >= 0.6 is 0 Å². The molecular formula is C12H20N4O2. The van der Waals surface area contributed by atoms with Crippen LogP contribution in [0.3, 0.4) is 0 Å². The van der Waals surface area contributed by atoms with Gasteiger partial charge < -0.3 is 15.7 Å². The Balaban J connectivity index is 1.55. The van der Waals surface area contributed by atoms with Crippen molar-refractivity contribution in [2.75, 3.05) is 19.7 Å². The molecule has 0 aromatic carbocycles. The summed E-state index contributed by atoms with van der Waals surface area (Å²) in [4.78, 5) is 11.3. The molecule has 100 valence electrons. The summed E-state index contributed by atoms with van der Waals surface area (Å²) in [5, 5.41) is 19.0. The quantitative estimate of drug-likeness (QED) is 0.545. The third kappa shape index (κ3) is 4.12. The molecule has 0 spiro atoms. The van der Waals surface area contributed by atoms with Crippen molar-refractivity contribution in [3.8, 4) is 0 Å². The maximum absolute atomic E-state index is 11.3. The van der Waals surface area contributed by atoms with Crippen molar-refractivity contribution in [1.82, 2.24) is 20.4 Å². The summed E-state index contributed by atoms with van der Waals surface area (Å²) in [7, 11) is 0. The average molecular weight is 252 g/mol. The molecule has 3 N–H and O–H groups in total. The second kappa shape index (κ2) is 6.51. The van der Waals surface area contributed by atoms with Gasteiger partial charge in [0.15, 0.2) is 0 Å². The van der Waals surface area contributed by atoms with Gasteiger partial charge in [0.2, 0.25) is 5.91 Å². The van der Waals surface area contributed by atoms with E-state index in [4.69, 9.17) is 5.11 Å². The normalized spacial score (nSPS) is 14.7. The van der Waals surface area contributed by atoms with Crippen molar-refractivity contribution in [2.45, 2.75) is 25.9 Å². The molecule has 0 radical (unpaired) electrons. The summed E-state index contributed by atoms with van der Waals surface area (Å²) in [6.45, 7) is 2.77. The van der Waals surface area contributed by atoms with Gasteiger partial charge in [-0.25, -0.2) is 0 Å². The van der Waals surface area contributed by atoms with Crippen molar-refractivity contribution in [1.29, 1.82) is 0 Å². The van der Waals surface area contributed by atoms with E-state index in [0.717, 1.165) is 31.5 Å². The molecule has 1 aromatic rings. The topological polar surface area (TPSA) is 79.2 Å². The molecule has 1 aliphatic rings. The molecular weight excluding hydrogens is 232 g/mol. The van der Waals surface area contributed by atoms with E-state index in [-0.39, 0.29) is 18.4 Å². The van der Waals surface area contributed by atoms with Gasteiger partial charge in [-0.15, -0.1) is 0 Å². The Hall–Kier alpha value is -1.40. The van der Waals surface area contributed by atoms with E-state index in [9.17, 15) is 4.79 Å². The highest BCUT2D eigenvalue weighted by molar-refractivity contribution is 5.80. The highest BCUT2D eigenvalue weighted by Gasteiger charge is 2.28. The number of hydrogen-bond donors (Lipinski definition) is 3. The first-order valence-corrected chi connectivity index (χ1v) is 6.40. The predicted octanol–water partition coefficient (Wildman–Crippen LogP) is -0.509. The van der Waals surface area contributed by atoms with Crippen LogP contribution in [0.25, 0.3) is 0 Å². The number of nitrogens with one attached hydrogen (secondary N) is 2. The van der Waals surface area contributed by atoms with Crippen LogP contribution in [0.2, 0.25) is 0 Å². The first kappa shape index (κ1) is 13.0. The van der Waals surface area contributed by atoms with Gasteiger partial charge in [-0.1, -0.05) is 0 Å². The minimum atomic E-state index is 0.0990. The van der Waals surface area contributed by atoms with Gasteiger partial charge in [-0.2, -0.15) is 5.10 Å².